The van der Waals surface area contributed by atoms with E-state index in [2.05, 4.69) is 17.2 Å². The summed E-state index contributed by atoms with van der Waals surface area (Å²) in [4.78, 5) is 15.7. The molecule has 5 heteroatoms. The number of primary amides is 1. The van der Waals surface area contributed by atoms with Crippen molar-refractivity contribution in [2.75, 3.05) is 11.9 Å². The van der Waals surface area contributed by atoms with Gasteiger partial charge in [-0.1, -0.05) is 19.8 Å². The molecule has 2 unspecified atom stereocenters. The number of carbonyl (C=O) groups excluding carboxylic acids is 1. The van der Waals surface area contributed by atoms with Crippen molar-refractivity contribution >= 4 is 11.7 Å². The first-order chi connectivity index (χ1) is 9.09. The van der Waals surface area contributed by atoms with Gasteiger partial charge in [-0.3, -0.25) is 4.79 Å². The summed E-state index contributed by atoms with van der Waals surface area (Å²) in [6, 6.07) is 3.40. The topological polar surface area (TPSA) is 94.0 Å². The molecule has 1 saturated carbocycles. The molecule has 104 valence electrons. The Kier molecular flexibility index (Phi) is 4.04. The smallest absolute Gasteiger partial charge is 0.252 e. The fourth-order valence-corrected chi connectivity index (χ4v) is 2.89. The molecule has 2 rings (SSSR count). The summed E-state index contributed by atoms with van der Waals surface area (Å²) < 4.78 is 0. The van der Waals surface area contributed by atoms with Crippen molar-refractivity contribution in [2.45, 2.75) is 38.1 Å². The molecule has 0 aromatic carbocycles. The Bertz CT molecular complexity index is 463. The third kappa shape index (κ3) is 2.71. The van der Waals surface area contributed by atoms with E-state index < -0.39 is 5.91 Å². The number of hydrogen-bond acceptors (Lipinski definition) is 4. The molecular weight excluding hydrogens is 240 g/mol. The zero-order valence-corrected chi connectivity index (χ0v) is 11.4. The van der Waals surface area contributed by atoms with E-state index in [9.17, 15) is 4.79 Å². The highest BCUT2D eigenvalue weighted by atomic mass is 16.1. The van der Waals surface area contributed by atoms with E-state index in [-0.39, 0.29) is 5.54 Å². The molecule has 1 aliphatic rings. The second-order valence-electron chi connectivity index (χ2n) is 5.40. The van der Waals surface area contributed by atoms with E-state index in [0.717, 1.165) is 19.3 Å². The van der Waals surface area contributed by atoms with Crippen molar-refractivity contribution in [2.24, 2.45) is 17.4 Å². The van der Waals surface area contributed by atoms with Crippen molar-refractivity contribution in [1.82, 2.24) is 4.98 Å². The van der Waals surface area contributed by atoms with Crippen LogP contribution >= 0.6 is 0 Å². The Morgan fingerprint density at radius 1 is 1.58 bits per heavy atom. The van der Waals surface area contributed by atoms with Crippen molar-refractivity contribution in [3.63, 3.8) is 0 Å². The molecule has 19 heavy (non-hydrogen) atoms. The second-order valence-corrected chi connectivity index (χ2v) is 5.40. The molecule has 1 aliphatic carbocycles. The monoisotopic (exact) mass is 262 g/mol. The zero-order valence-electron chi connectivity index (χ0n) is 11.4. The van der Waals surface area contributed by atoms with Gasteiger partial charge in [0.25, 0.3) is 5.91 Å². The molecule has 1 heterocycles. The van der Waals surface area contributed by atoms with Gasteiger partial charge in [-0.15, -0.1) is 0 Å². The number of hydrogen-bond donors (Lipinski definition) is 3. The number of anilines is 1. The highest BCUT2D eigenvalue weighted by molar-refractivity contribution is 5.97. The lowest BCUT2D eigenvalue weighted by Crippen LogP contribution is -2.52. The van der Waals surface area contributed by atoms with Gasteiger partial charge in [0.2, 0.25) is 0 Å². The standard InChI is InChI=1S/C14H22N4O/c1-10-5-2-3-7-14(10,9-15)18-13-11(12(16)19)6-4-8-17-13/h4,6,8,10H,2-3,5,7,9,15H2,1H3,(H2,16,19)(H,17,18). The Labute approximate surface area is 113 Å². The van der Waals surface area contributed by atoms with Crippen molar-refractivity contribution in [1.29, 1.82) is 0 Å². The molecule has 1 amide bonds. The zero-order chi connectivity index (χ0) is 13.9. The maximum absolute atomic E-state index is 11.4. The molecule has 5 nitrogen and oxygen atoms in total. The van der Waals surface area contributed by atoms with Gasteiger partial charge >= 0.3 is 0 Å². The van der Waals surface area contributed by atoms with Crippen LogP contribution in [0.15, 0.2) is 18.3 Å². The molecule has 0 spiro atoms. The number of aromatic nitrogens is 1. The summed E-state index contributed by atoms with van der Waals surface area (Å²) in [6.45, 7) is 2.73. The number of amides is 1. The van der Waals surface area contributed by atoms with Gasteiger partial charge in [0.05, 0.1) is 11.1 Å². The number of nitrogens with one attached hydrogen (secondary N) is 1. The minimum atomic E-state index is -0.466. The molecule has 1 fully saturated rings. The van der Waals surface area contributed by atoms with E-state index in [1.165, 1.54) is 6.42 Å². The van der Waals surface area contributed by atoms with E-state index in [0.29, 0.717) is 23.8 Å². The SMILES string of the molecule is CC1CCCCC1(CN)Nc1ncccc1C(N)=O. The van der Waals surface area contributed by atoms with Crippen molar-refractivity contribution < 1.29 is 4.79 Å². The second kappa shape index (κ2) is 5.57. The first-order valence-electron chi connectivity index (χ1n) is 6.82. The molecule has 0 radical (unpaired) electrons. The fourth-order valence-electron chi connectivity index (χ4n) is 2.89. The Hall–Kier alpha value is -1.62. The summed E-state index contributed by atoms with van der Waals surface area (Å²) in [6.07, 6.45) is 6.18. The van der Waals surface area contributed by atoms with Crippen LogP contribution in [0.1, 0.15) is 43.0 Å². The first kappa shape index (κ1) is 13.8. The maximum Gasteiger partial charge on any atom is 0.252 e. The van der Waals surface area contributed by atoms with Crippen LogP contribution < -0.4 is 16.8 Å². The summed E-state index contributed by atoms with van der Waals surface area (Å²) in [5, 5.41) is 3.41. The first-order valence-corrected chi connectivity index (χ1v) is 6.82. The largest absolute Gasteiger partial charge is 0.365 e. The van der Waals surface area contributed by atoms with Gasteiger partial charge in [0.15, 0.2) is 0 Å². The Balaban J connectivity index is 2.30. The summed E-state index contributed by atoms with van der Waals surface area (Å²) in [5.41, 5.74) is 11.6. The molecule has 5 N–H and O–H groups in total. The summed E-state index contributed by atoms with van der Waals surface area (Å²) in [7, 11) is 0. The number of rotatable bonds is 4. The van der Waals surface area contributed by atoms with Gasteiger partial charge in [-0.2, -0.15) is 0 Å². The summed E-state index contributed by atoms with van der Waals surface area (Å²) >= 11 is 0. The van der Waals surface area contributed by atoms with Gasteiger partial charge in [-0.25, -0.2) is 4.98 Å². The normalized spacial score (nSPS) is 26.9. The number of nitrogens with two attached hydrogens (primary N) is 2. The molecule has 2 atom stereocenters. The van der Waals surface area contributed by atoms with E-state index >= 15 is 0 Å². The number of nitrogens with zero attached hydrogens (tertiary/aromatic N) is 1. The van der Waals surface area contributed by atoms with Gasteiger partial charge < -0.3 is 16.8 Å². The predicted octanol–water partition coefficient (Wildman–Crippen LogP) is 1.50. The van der Waals surface area contributed by atoms with Crippen LogP contribution in [0.3, 0.4) is 0 Å². The van der Waals surface area contributed by atoms with Crippen LogP contribution in [0, 0.1) is 5.92 Å². The third-order valence-electron chi connectivity index (χ3n) is 4.26. The van der Waals surface area contributed by atoms with Crippen LogP contribution in [0.2, 0.25) is 0 Å². The average molecular weight is 262 g/mol. The van der Waals surface area contributed by atoms with Crippen molar-refractivity contribution in [3.05, 3.63) is 23.9 Å². The van der Waals surface area contributed by atoms with E-state index in [1.807, 2.05) is 0 Å². The van der Waals surface area contributed by atoms with E-state index in [1.54, 1.807) is 18.3 Å². The quantitative estimate of drug-likeness (QED) is 0.766. The average Bonchev–Trinajstić information content (AvgIpc) is 2.42. The van der Waals surface area contributed by atoms with Gasteiger partial charge in [-0.05, 0) is 30.9 Å². The lowest BCUT2D eigenvalue weighted by molar-refractivity contribution is 0.100. The predicted molar refractivity (Wildman–Crippen MR) is 75.8 cm³/mol. The highest BCUT2D eigenvalue weighted by Crippen LogP contribution is 2.35. The third-order valence-corrected chi connectivity index (χ3v) is 4.26. The Morgan fingerprint density at radius 2 is 2.37 bits per heavy atom. The van der Waals surface area contributed by atoms with Gasteiger partial charge in [0.1, 0.15) is 5.82 Å². The molecule has 1 aromatic heterocycles. The minimum absolute atomic E-state index is 0.184. The molecule has 0 saturated heterocycles. The molecule has 0 aliphatic heterocycles. The van der Waals surface area contributed by atoms with Crippen molar-refractivity contribution in [3.8, 4) is 0 Å². The van der Waals surface area contributed by atoms with Crippen LogP contribution in [0.4, 0.5) is 5.82 Å². The maximum atomic E-state index is 11.4. The van der Waals surface area contributed by atoms with E-state index in [4.69, 9.17) is 11.5 Å². The van der Waals surface area contributed by atoms with Gasteiger partial charge in [0, 0.05) is 12.7 Å². The highest BCUT2D eigenvalue weighted by Gasteiger charge is 2.37. The molecule has 0 bridgehead atoms. The van der Waals surface area contributed by atoms with Crippen LogP contribution in [-0.2, 0) is 0 Å². The lowest BCUT2D eigenvalue weighted by Gasteiger charge is -2.43. The number of pyridine rings is 1. The van der Waals surface area contributed by atoms with Crippen LogP contribution in [-0.4, -0.2) is 23.0 Å². The summed E-state index contributed by atoms with van der Waals surface area (Å²) in [5.74, 6) is 0.536. The molecule has 1 aromatic rings. The lowest BCUT2D eigenvalue weighted by atomic mass is 9.73. The minimum Gasteiger partial charge on any atom is -0.365 e. The fraction of sp³-hybridized carbons (Fsp3) is 0.571. The number of carbonyl (C=O) groups is 1. The van der Waals surface area contributed by atoms with Crippen LogP contribution in [0.5, 0.6) is 0 Å². The molecular formula is C14H22N4O. The Morgan fingerprint density at radius 3 is 3.00 bits per heavy atom. The van der Waals surface area contributed by atoms with Crippen LogP contribution in [0.25, 0.3) is 0 Å².